The summed E-state index contributed by atoms with van der Waals surface area (Å²) in [5.74, 6) is 0. The van der Waals surface area contributed by atoms with Crippen molar-refractivity contribution in [1.29, 1.82) is 0 Å². The molecule has 0 amide bonds. The largest absolute Gasteiger partial charge is 0.378 e. The number of ether oxygens (including phenoxy) is 1. The molecule has 2 rings (SSSR count). The van der Waals surface area contributed by atoms with E-state index in [0.29, 0.717) is 24.2 Å². The van der Waals surface area contributed by atoms with Crippen molar-refractivity contribution in [2.45, 2.75) is 63.7 Å². The number of rotatable bonds is 4. The smallest absolute Gasteiger partial charge is 0.0623 e. The van der Waals surface area contributed by atoms with Gasteiger partial charge >= 0.3 is 0 Å². The molecule has 0 aromatic carbocycles. The van der Waals surface area contributed by atoms with E-state index < -0.39 is 0 Å². The first-order valence-corrected chi connectivity index (χ1v) is 6.80. The molecular formula is C13H26N2O. The van der Waals surface area contributed by atoms with Crippen molar-refractivity contribution in [2.24, 2.45) is 0 Å². The molecule has 2 saturated heterocycles. The fraction of sp³-hybridized carbons (Fsp3) is 1.00. The van der Waals surface area contributed by atoms with Crippen LogP contribution < -0.4 is 5.32 Å². The number of fused-ring (bicyclic) bond motifs is 2. The third-order valence-corrected chi connectivity index (χ3v) is 4.34. The van der Waals surface area contributed by atoms with Gasteiger partial charge in [0.2, 0.25) is 0 Å². The molecule has 2 atom stereocenters. The second-order valence-corrected chi connectivity index (χ2v) is 5.36. The first kappa shape index (κ1) is 12.3. The van der Waals surface area contributed by atoms with Crippen LogP contribution in [0.1, 0.15) is 39.5 Å². The molecule has 0 spiro atoms. The summed E-state index contributed by atoms with van der Waals surface area (Å²) in [6.07, 6.45) is 5.00. The Labute approximate surface area is 99.5 Å². The van der Waals surface area contributed by atoms with Crippen molar-refractivity contribution < 1.29 is 4.74 Å². The Morgan fingerprint density at radius 2 is 1.75 bits per heavy atom. The zero-order chi connectivity index (χ0) is 11.5. The van der Waals surface area contributed by atoms with Gasteiger partial charge in [-0.2, -0.15) is 0 Å². The normalized spacial score (nSPS) is 35.6. The van der Waals surface area contributed by atoms with Crippen molar-refractivity contribution in [3.05, 3.63) is 0 Å². The van der Waals surface area contributed by atoms with Gasteiger partial charge in [-0.05, 0) is 32.7 Å². The summed E-state index contributed by atoms with van der Waals surface area (Å²) in [5, 5.41) is 3.82. The van der Waals surface area contributed by atoms with Crippen LogP contribution in [0, 0.1) is 0 Å². The van der Waals surface area contributed by atoms with Crippen LogP contribution in [0.15, 0.2) is 0 Å². The lowest BCUT2D eigenvalue weighted by Gasteiger charge is -2.47. The van der Waals surface area contributed by atoms with Crippen molar-refractivity contribution in [3.63, 3.8) is 0 Å². The van der Waals surface area contributed by atoms with E-state index in [0.717, 1.165) is 13.2 Å². The van der Waals surface area contributed by atoms with Crippen LogP contribution in [0.5, 0.6) is 0 Å². The Balaban J connectivity index is 1.89. The Morgan fingerprint density at radius 3 is 2.25 bits per heavy atom. The van der Waals surface area contributed by atoms with Gasteiger partial charge in [-0.15, -0.1) is 0 Å². The van der Waals surface area contributed by atoms with Gasteiger partial charge < -0.3 is 10.1 Å². The summed E-state index contributed by atoms with van der Waals surface area (Å²) >= 11 is 0. The maximum Gasteiger partial charge on any atom is 0.0623 e. The molecule has 16 heavy (non-hydrogen) atoms. The molecule has 0 aliphatic carbocycles. The summed E-state index contributed by atoms with van der Waals surface area (Å²) in [7, 11) is 2.26. The van der Waals surface area contributed by atoms with Crippen LogP contribution in [0.2, 0.25) is 0 Å². The highest BCUT2D eigenvalue weighted by atomic mass is 16.5. The maximum absolute atomic E-state index is 5.64. The van der Waals surface area contributed by atoms with E-state index in [9.17, 15) is 0 Å². The third kappa shape index (κ3) is 2.58. The molecule has 2 fully saturated rings. The average Bonchev–Trinajstić information content (AvgIpc) is 2.27. The molecule has 2 bridgehead atoms. The quantitative estimate of drug-likeness (QED) is 0.788. The van der Waals surface area contributed by atoms with Crippen molar-refractivity contribution in [3.8, 4) is 0 Å². The van der Waals surface area contributed by atoms with E-state index in [1.807, 2.05) is 0 Å². The van der Waals surface area contributed by atoms with E-state index in [2.05, 4.69) is 31.1 Å². The standard InChI is InChI=1S/C13H26N2O/c1-4-10(5-2)14-11-6-12-8-16-9-13(7-11)15(12)3/h10-14H,4-9H2,1-3H3. The third-order valence-electron chi connectivity index (χ3n) is 4.34. The first-order valence-electron chi connectivity index (χ1n) is 6.80. The second kappa shape index (κ2) is 5.48. The van der Waals surface area contributed by atoms with Gasteiger partial charge in [0.05, 0.1) is 13.2 Å². The molecule has 1 N–H and O–H groups in total. The molecule has 0 radical (unpaired) electrons. The lowest BCUT2D eigenvalue weighted by Crippen LogP contribution is -2.59. The number of morpholine rings is 1. The zero-order valence-corrected chi connectivity index (χ0v) is 10.9. The molecule has 2 aliphatic rings. The van der Waals surface area contributed by atoms with Crippen LogP contribution in [-0.2, 0) is 4.74 Å². The van der Waals surface area contributed by atoms with Crippen LogP contribution >= 0.6 is 0 Å². The highest BCUT2D eigenvalue weighted by molar-refractivity contribution is 4.93. The molecule has 0 saturated carbocycles. The molecule has 3 heteroatoms. The summed E-state index contributed by atoms with van der Waals surface area (Å²) < 4.78 is 5.64. The number of hydrogen-bond donors (Lipinski definition) is 1. The van der Waals surface area contributed by atoms with Gasteiger partial charge in [-0.25, -0.2) is 0 Å². The van der Waals surface area contributed by atoms with Crippen molar-refractivity contribution in [2.75, 3.05) is 20.3 Å². The molecular weight excluding hydrogens is 200 g/mol. The summed E-state index contributed by atoms with van der Waals surface area (Å²) in [5.41, 5.74) is 0. The lowest BCUT2D eigenvalue weighted by molar-refractivity contribution is -0.0688. The summed E-state index contributed by atoms with van der Waals surface area (Å²) in [4.78, 5) is 2.52. The Hall–Kier alpha value is -0.120. The topological polar surface area (TPSA) is 24.5 Å². The van der Waals surface area contributed by atoms with Gasteiger partial charge in [0.1, 0.15) is 0 Å². The Kier molecular flexibility index (Phi) is 4.22. The van der Waals surface area contributed by atoms with Crippen LogP contribution in [-0.4, -0.2) is 49.3 Å². The fourth-order valence-corrected chi connectivity index (χ4v) is 3.09. The number of nitrogens with one attached hydrogen (secondary N) is 1. The Morgan fingerprint density at radius 1 is 1.19 bits per heavy atom. The second-order valence-electron chi connectivity index (χ2n) is 5.36. The van der Waals surface area contributed by atoms with E-state index in [1.165, 1.54) is 25.7 Å². The van der Waals surface area contributed by atoms with Crippen LogP contribution in [0.3, 0.4) is 0 Å². The van der Waals surface area contributed by atoms with E-state index in [-0.39, 0.29) is 0 Å². The number of likely N-dealkylation sites (N-methyl/N-ethyl adjacent to an activating group) is 1. The minimum Gasteiger partial charge on any atom is -0.378 e. The highest BCUT2D eigenvalue weighted by Crippen LogP contribution is 2.26. The van der Waals surface area contributed by atoms with Gasteiger partial charge in [-0.3, -0.25) is 4.90 Å². The molecule has 0 aromatic heterocycles. The summed E-state index contributed by atoms with van der Waals surface area (Å²) in [6, 6.07) is 2.69. The lowest BCUT2D eigenvalue weighted by atomic mass is 9.90. The van der Waals surface area contributed by atoms with E-state index >= 15 is 0 Å². The van der Waals surface area contributed by atoms with Crippen molar-refractivity contribution >= 4 is 0 Å². The van der Waals surface area contributed by atoms with E-state index in [1.54, 1.807) is 0 Å². The first-order chi connectivity index (χ1) is 7.74. The zero-order valence-electron chi connectivity index (χ0n) is 10.9. The van der Waals surface area contributed by atoms with Gasteiger partial charge in [0.25, 0.3) is 0 Å². The predicted octanol–water partition coefficient (Wildman–Crippen LogP) is 1.63. The minimum absolute atomic E-state index is 0.638. The van der Waals surface area contributed by atoms with Crippen LogP contribution in [0.4, 0.5) is 0 Å². The monoisotopic (exact) mass is 226 g/mol. The molecule has 94 valence electrons. The number of nitrogens with zero attached hydrogens (tertiary/aromatic N) is 1. The molecule has 2 heterocycles. The average molecular weight is 226 g/mol. The van der Waals surface area contributed by atoms with Crippen molar-refractivity contribution in [1.82, 2.24) is 10.2 Å². The molecule has 0 aromatic rings. The summed E-state index contributed by atoms with van der Waals surface area (Å²) in [6.45, 7) is 6.41. The Bertz CT molecular complexity index is 201. The molecule has 2 aliphatic heterocycles. The number of hydrogen-bond acceptors (Lipinski definition) is 3. The molecule has 2 unspecified atom stereocenters. The van der Waals surface area contributed by atoms with E-state index in [4.69, 9.17) is 4.74 Å². The van der Waals surface area contributed by atoms with Crippen LogP contribution in [0.25, 0.3) is 0 Å². The minimum atomic E-state index is 0.638. The van der Waals surface area contributed by atoms with Gasteiger partial charge in [0, 0.05) is 24.2 Å². The number of piperidine rings is 1. The predicted molar refractivity (Wildman–Crippen MR) is 66.7 cm³/mol. The SMILES string of the molecule is CCC(CC)NC1CC2COCC(C1)N2C. The fourth-order valence-electron chi connectivity index (χ4n) is 3.09. The van der Waals surface area contributed by atoms with Gasteiger partial charge in [-0.1, -0.05) is 13.8 Å². The van der Waals surface area contributed by atoms with Gasteiger partial charge in [0.15, 0.2) is 0 Å². The maximum atomic E-state index is 5.64. The molecule has 3 nitrogen and oxygen atoms in total. The highest BCUT2D eigenvalue weighted by Gasteiger charge is 2.36.